The van der Waals surface area contributed by atoms with Crippen LogP contribution in [0.4, 0.5) is 5.13 Å². The van der Waals surface area contributed by atoms with Crippen LogP contribution in [0.15, 0.2) is 5.51 Å². The highest BCUT2D eigenvalue weighted by molar-refractivity contribution is 7.13. The van der Waals surface area contributed by atoms with Crippen molar-refractivity contribution in [1.29, 1.82) is 0 Å². The zero-order valence-electron chi connectivity index (χ0n) is 8.45. The Labute approximate surface area is 83.6 Å². The summed E-state index contributed by atoms with van der Waals surface area (Å²) in [5.41, 5.74) is 1.75. The van der Waals surface area contributed by atoms with Crippen LogP contribution in [0.25, 0.3) is 0 Å². The molecule has 0 bridgehead atoms. The third kappa shape index (κ3) is 4.22. The SMILES string of the molecule is CC(C)CCC(C)Nc1nncs1. The minimum Gasteiger partial charge on any atom is -0.358 e. The number of nitrogens with zero attached hydrogens (tertiary/aromatic N) is 2. The Bertz CT molecular complexity index is 221. The van der Waals surface area contributed by atoms with E-state index in [2.05, 4.69) is 36.3 Å². The lowest BCUT2D eigenvalue weighted by Gasteiger charge is -2.13. The summed E-state index contributed by atoms with van der Waals surface area (Å²) in [6.07, 6.45) is 2.45. The molecule has 4 heteroatoms. The molecule has 0 aliphatic rings. The number of rotatable bonds is 5. The van der Waals surface area contributed by atoms with Crippen LogP contribution in [0.3, 0.4) is 0 Å². The van der Waals surface area contributed by atoms with Gasteiger partial charge in [-0.25, -0.2) is 0 Å². The Morgan fingerprint density at radius 3 is 2.69 bits per heavy atom. The summed E-state index contributed by atoms with van der Waals surface area (Å²) in [6, 6.07) is 0.496. The standard InChI is InChI=1S/C9H17N3S/c1-7(2)4-5-8(3)11-9-12-10-6-13-9/h6-8H,4-5H2,1-3H3,(H,11,12). The molecule has 0 aromatic carbocycles. The Morgan fingerprint density at radius 2 is 2.15 bits per heavy atom. The van der Waals surface area contributed by atoms with Crippen LogP contribution in [0.2, 0.25) is 0 Å². The summed E-state index contributed by atoms with van der Waals surface area (Å²) < 4.78 is 0. The Kier molecular flexibility index (Phi) is 4.15. The monoisotopic (exact) mass is 199 g/mol. The van der Waals surface area contributed by atoms with Gasteiger partial charge in [0.15, 0.2) is 0 Å². The van der Waals surface area contributed by atoms with Gasteiger partial charge in [-0.05, 0) is 25.7 Å². The van der Waals surface area contributed by atoms with E-state index in [0.717, 1.165) is 11.0 Å². The summed E-state index contributed by atoms with van der Waals surface area (Å²) in [5, 5.41) is 12.0. The fourth-order valence-electron chi connectivity index (χ4n) is 1.10. The predicted molar refractivity (Wildman–Crippen MR) is 57.1 cm³/mol. The lowest BCUT2D eigenvalue weighted by atomic mass is 10.0. The molecule has 3 nitrogen and oxygen atoms in total. The van der Waals surface area contributed by atoms with Crippen LogP contribution in [0.5, 0.6) is 0 Å². The largest absolute Gasteiger partial charge is 0.358 e. The van der Waals surface area contributed by atoms with Gasteiger partial charge >= 0.3 is 0 Å². The first-order valence-electron chi connectivity index (χ1n) is 4.71. The van der Waals surface area contributed by atoms with Crippen LogP contribution < -0.4 is 5.32 Å². The fourth-order valence-corrected chi connectivity index (χ4v) is 1.66. The summed E-state index contributed by atoms with van der Waals surface area (Å²) in [6.45, 7) is 6.68. The molecule has 1 N–H and O–H groups in total. The first-order valence-corrected chi connectivity index (χ1v) is 5.59. The molecular weight excluding hydrogens is 182 g/mol. The van der Waals surface area contributed by atoms with E-state index < -0.39 is 0 Å². The van der Waals surface area contributed by atoms with Crippen LogP contribution in [-0.2, 0) is 0 Å². The van der Waals surface area contributed by atoms with Crippen molar-refractivity contribution in [3.63, 3.8) is 0 Å². The van der Waals surface area contributed by atoms with E-state index in [1.807, 2.05) is 0 Å². The highest BCUT2D eigenvalue weighted by atomic mass is 32.1. The van der Waals surface area contributed by atoms with E-state index in [1.54, 1.807) is 16.8 Å². The molecule has 1 atom stereocenters. The van der Waals surface area contributed by atoms with Crippen molar-refractivity contribution in [3.8, 4) is 0 Å². The van der Waals surface area contributed by atoms with Crippen molar-refractivity contribution in [3.05, 3.63) is 5.51 Å². The van der Waals surface area contributed by atoms with Crippen LogP contribution in [-0.4, -0.2) is 16.2 Å². The van der Waals surface area contributed by atoms with Gasteiger partial charge in [-0.2, -0.15) is 0 Å². The number of hydrogen-bond acceptors (Lipinski definition) is 4. The van der Waals surface area contributed by atoms with Gasteiger partial charge < -0.3 is 5.32 Å². The Hall–Kier alpha value is -0.640. The second kappa shape index (κ2) is 5.17. The highest BCUT2D eigenvalue weighted by Crippen LogP contribution is 2.13. The quantitative estimate of drug-likeness (QED) is 0.792. The van der Waals surface area contributed by atoms with Crippen molar-refractivity contribution >= 4 is 16.5 Å². The molecule has 0 amide bonds. The minimum atomic E-state index is 0.496. The van der Waals surface area contributed by atoms with Crippen molar-refractivity contribution < 1.29 is 0 Å². The Balaban J connectivity index is 2.22. The zero-order valence-corrected chi connectivity index (χ0v) is 9.27. The molecule has 0 aliphatic heterocycles. The predicted octanol–water partition coefficient (Wildman–Crippen LogP) is 2.77. The molecule has 74 valence electrons. The lowest BCUT2D eigenvalue weighted by molar-refractivity contribution is 0.527. The smallest absolute Gasteiger partial charge is 0.205 e. The van der Waals surface area contributed by atoms with Crippen LogP contribution in [0.1, 0.15) is 33.6 Å². The maximum Gasteiger partial charge on any atom is 0.205 e. The number of nitrogens with one attached hydrogen (secondary N) is 1. The first-order chi connectivity index (χ1) is 6.18. The maximum atomic E-state index is 3.94. The molecule has 1 rings (SSSR count). The van der Waals surface area contributed by atoms with Crippen molar-refractivity contribution in [2.45, 2.75) is 39.7 Å². The minimum absolute atomic E-state index is 0.496. The average Bonchev–Trinajstić information content (AvgIpc) is 2.53. The molecule has 1 aromatic heterocycles. The number of anilines is 1. The van der Waals surface area contributed by atoms with E-state index in [1.165, 1.54) is 12.8 Å². The van der Waals surface area contributed by atoms with Gasteiger partial charge in [-0.15, -0.1) is 10.2 Å². The summed E-state index contributed by atoms with van der Waals surface area (Å²) in [5.74, 6) is 0.777. The van der Waals surface area contributed by atoms with Gasteiger partial charge in [0.1, 0.15) is 5.51 Å². The van der Waals surface area contributed by atoms with E-state index in [9.17, 15) is 0 Å². The summed E-state index contributed by atoms with van der Waals surface area (Å²) >= 11 is 1.55. The first kappa shape index (κ1) is 10.4. The van der Waals surface area contributed by atoms with Crippen molar-refractivity contribution in [2.24, 2.45) is 5.92 Å². The molecule has 0 fully saturated rings. The fraction of sp³-hybridized carbons (Fsp3) is 0.778. The van der Waals surface area contributed by atoms with Gasteiger partial charge in [0.25, 0.3) is 0 Å². The summed E-state index contributed by atoms with van der Waals surface area (Å²) in [4.78, 5) is 0. The van der Waals surface area contributed by atoms with E-state index in [4.69, 9.17) is 0 Å². The lowest BCUT2D eigenvalue weighted by Crippen LogP contribution is -2.15. The Morgan fingerprint density at radius 1 is 1.38 bits per heavy atom. The van der Waals surface area contributed by atoms with Crippen molar-refractivity contribution in [1.82, 2.24) is 10.2 Å². The van der Waals surface area contributed by atoms with Gasteiger partial charge in [-0.3, -0.25) is 0 Å². The molecular formula is C9H17N3S. The molecule has 13 heavy (non-hydrogen) atoms. The van der Waals surface area contributed by atoms with E-state index >= 15 is 0 Å². The molecule has 1 heterocycles. The second-order valence-corrected chi connectivity index (χ2v) is 4.59. The third-order valence-electron chi connectivity index (χ3n) is 1.91. The maximum absolute atomic E-state index is 3.94. The van der Waals surface area contributed by atoms with Crippen LogP contribution >= 0.6 is 11.3 Å². The number of hydrogen-bond donors (Lipinski definition) is 1. The van der Waals surface area contributed by atoms with Gasteiger partial charge in [0.05, 0.1) is 0 Å². The molecule has 0 saturated carbocycles. The average molecular weight is 199 g/mol. The van der Waals surface area contributed by atoms with Crippen LogP contribution in [0, 0.1) is 5.92 Å². The topological polar surface area (TPSA) is 37.8 Å². The molecule has 1 unspecified atom stereocenters. The third-order valence-corrected chi connectivity index (χ3v) is 2.53. The highest BCUT2D eigenvalue weighted by Gasteiger charge is 2.04. The number of aromatic nitrogens is 2. The molecule has 0 aliphatic carbocycles. The zero-order chi connectivity index (χ0) is 9.68. The van der Waals surface area contributed by atoms with Gasteiger partial charge in [-0.1, -0.05) is 25.2 Å². The van der Waals surface area contributed by atoms with Crippen molar-refractivity contribution in [2.75, 3.05) is 5.32 Å². The van der Waals surface area contributed by atoms with E-state index in [-0.39, 0.29) is 0 Å². The van der Waals surface area contributed by atoms with Gasteiger partial charge in [0, 0.05) is 6.04 Å². The molecule has 0 radical (unpaired) electrons. The molecule has 0 saturated heterocycles. The molecule has 1 aromatic rings. The van der Waals surface area contributed by atoms with E-state index in [0.29, 0.717) is 6.04 Å². The molecule has 0 spiro atoms. The van der Waals surface area contributed by atoms with Gasteiger partial charge in [0.2, 0.25) is 5.13 Å². The normalized spacial score (nSPS) is 13.2. The second-order valence-electron chi connectivity index (χ2n) is 3.76. The summed E-state index contributed by atoms with van der Waals surface area (Å²) in [7, 11) is 0.